The van der Waals surface area contributed by atoms with Crippen molar-refractivity contribution in [1.29, 1.82) is 0 Å². The first-order valence-corrected chi connectivity index (χ1v) is 10.0. The summed E-state index contributed by atoms with van der Waals surface area (Å²) in [7, 11) is 0. The van der Waals surface area contributed by atoms with Crippen LogP contribution in [0.25, 0.3) is 0 Å². The molecule has 0 aromatic heterocycles. The summed E-state index contributed by atoms with van der Waals surface area (Å²) in [5.41, 5.74) is 3.51. The first kappa shape index (κ1) is 16.4. The number of carbonyl (C=O) groups excluding carboxylic acids is 1. The van der Waals surface area contributed by atoms with Gasteiger partial charge in [-0.1, -0.05) is 50.5 Å². The molecule has 2 fully saturated rings. The van der Waals surface area contributed by atoms with Gasteiger partial charge in [0.25, 0.3) is 0 Å². The van der Waals surface area contributed by atoms with Crippen LogP contribution in [0.15, 0.2) is 35.5 Å². The summed E-state index contributed by atoms with van der Waals surface area (Å²) in [4.78, 5) is 11.8. The minimum absolute atomic E-state index is 0.0181. The summed E-state index contributed by atoms with van der Waals surface area (Å²) < 4.78 is 0. The van der Waals surface area contributed by atoms with Gasteiger partial charge >= 0.3 is 0 Å². The first-order chi connectivity index (χ1) is 11.4. The highest BCUT2D eigenvalue weighted by Crippen LogP contribution is 2.65. The molecule has 0 amide bonds. The van der Waals surface area contributed by atoms with E-state index in [-0.39, 0.29) is 11.2 Å². The van der Waals surface area contributed by atoms with E-state index in [2.05, 4.69) is 39.8 Å². The Hall–Kier alpha value is -1.11. The van der Waals surface area contributed by atoms with Crippen molar-refractivity contribution >= 4 is 5.78 Å². The molecule has 0 aromatic rings. The number of hydrogen-bond donors (Lipinski definition) is 0. The molecule has 0 saturated heterocycles. The predicted octanol–water partition coefficient (Wildman–Crippen LogP) is 5.88. The molecule has 1 nitrogen and oxygen atoms in total. The Morgan fingerprint density at radius 2 is 2.08 bits per heavy atom. The van der Waals surface area contributed by atoms with Crippen molar-refractivity contribution in [1.82, 2.24) is 0 Å². The zero-order chi connectivity index (χ0) is 17.1. The van der Waals surface area contributed by atoms with Crippen molar-refractivity contribution < 1.29 is 4.79 Å². The summed E-state index contributed by atoms with van der Waals surface area (Å²) in [6.45, 7) is 9.78. The quantitative estimate of drug-likeness (QED) is 0.580. The van der Waals surface area contributed by atoms with Gasteiger partial charge in [0.1, 0.15) is 0 Å². The van der Waals surface area contributed by atoms with Crippen LogP contribution in [-0.4, -0.2) is 5.78 Å². The fourth-order valence-corrected chi connectivity index (χ4v) is 6.91. The minimum atomic E-state index is 0.0181. The molecule has 1 heteroatoms. The van der Waals surface area contributed by atoms with E-state index in [4.69, 9.17) is 0 Å². The SMILES string of the molecule is CCCC1[C@H](C)CC2C3CCC4=CC(=O)C=C[C@]4(C)C3=CC[C@@]21C. The molecule has 130 valence electrons. The Labute approximate surface area is 147 Å². The molecule has 4 aliphatic carbocycles. The standard InChI is InChI=1S/C23H32O/c1-5-6-19-15(2)13-21-18-8-7-16-14-17(24)9-11-22(16,3)20(18)10-12-23(19,21)4/h9-11,14-15,18-19,21H,5-8,12-13H2,1-4H3/t15-,18?,19?,21?,22+,23-/m1/s1. The molecule has 0 spiro atoms. The normalized spacial score (nSPS) is 46.8. The third kappa shape index (κ3) is 2.09. The number of rotatable bonds is 2. The topological polar surface area (TPSA) is 17.1 Å². The van der Waals surface area contributed by atoms with Crippen molar-refractivity contribution in [3.63, 3.8) is 0 Å². The van der Waals surface area contributed by atoms with E-state index in [9.17, 15) is 4.79 Å². The van der Waals surface area contributed by atoms with E-state index < -0.39 is 0 Å². The maximum absolute atomic E-state index is 11.8. The van der Waals surface area contributed by atoms with Gasteiger partial charge in [0.05, 0.1) is 0 Å². The van der Waals surface area contributed by atoms with Crippen LogP contribution in [0, 0.1) is 34.5 Å². The Morgan fingerprint density at radius 1 is 1.29 bits per heavy atom. The van der Waals surface area contributed by atoms with Gasteiger partial charge < -0.3 is 0 Å². The third-order valence-electron chi connectivity index (χ3n) is 8.14. The van der Waals surface area contributed by atoms with Crippen LogP contribution in [0.5, 0.6) is 0 Å². The average Bonchev–Trinajstić information content (AvgIpc) is 2.80. The monoisotopic (exact) mass is 324 g/mol. The summed E-state index contributed by atoms with van der Waals surface area (Å²) in [5, 5.41) is 0. The van der Waals surface area contributed by atoms with Crippen LogP contribution in [0.4, 0.5) is 0 Å². The molecule has 4 rings (SSSR count). The molecule has 3 unspecified atom stereocenters. The highest BCUT2D eigenvalue weighted by Gasteiger charge is 2.56. The van der Waals surface area contributed by atoms with E-state index in [1.165, 1.54) is 37.7 Å². The van der Waals surface area contributed by atoms with Crippen molar-refractivity contribution in [2.24, 2.45) is 34.5 Å². The number of hydrogen-bond acceptors (Lipinski definition) is 1. The molecule has 0 aromatic carbocycles. The van der Waals surface area contributed by atoms with E-state index in [1.807, 2.05) is 6.08 Å². The molecule has 24 heavy (non-hydrogen) atoms. The van der Waals surface area contributed by atoms with Gasteiger partial charge in [-0.15, -0.1) is 0 Å². The molecule has 4 aliphatic rings. The van der Waals surface area contributed by atoms with Gasteiger partial charge in [-0.25, -0.2) is 0 Å². The van der Waals surface area contributed by atoms with Crippen molar-refractivity contribution in [2.45, 2.75) is 66.2 Å². The van der Waals surface area contributed by atoms with Crippen LogP contribution >= 0.6 is 0 Å². The summed E-state index contributed by atoms with van der Waals surface area (Å²) in [5.74, 6) is 3.50. The van der Waals surface area contributed by atoms with Crippen LogP contribution in [0.2, 0.25) is 0 Å². The molecule has 0 N–H and O–H groups in total. The van der Waals surface area contributed by atoms with Crippen LogP contribution in [0.3, 0.4) is 0 Å². The highest BCUT2D eigenvalue weighted by molar-refractivity contribution is 6.01. The Balaban J connectivity index is 1.73. The van der Waals surface area contributed by atoms with Crippen molar-refractivity contribution in [3.8, 4) is 0 Å². The summed E-state index contributed by atoms with van der Waals surface area (Å²) in [6.07, 6.45) is 16.2. The molecular weight excluding hydrogens is 292 g/mol. The maximum atomic E-state index is 11.8. The number of carbonyl (C=O) groups is 1. The molecule has 0 aliphatic heterocycles. The molecule has 0 radical (unpaired) electrons. The van der Waals surface area contributed by atoms with E-state index in [0.717, 1.165) is 30.1 Å². The zero-order valence-electron chi connectivity index (χ0n) is 15.8. The van der Waals surface area contributed by atoms with Gasteiger partial charge in [0.2, 0.25) is 0 Å². The smallest absolute Gasteiger partial charge is 0.178 e. The van der Waals surface area contributed by atoms with E-state index >= 15 is 0 Å². The van der Waals surface area contributed by atoms with E-state index in [1.54, 1.807) is 11.6 Å². The number of fused-ring (bicyclic) bond motifs is 5. The molecule has 0 heterocycles. The second-order valence-corrected chi connectivity index (χ2v) is 9.34. The number of ketones is 1. The van der Waals surface area contributed by atoms with E-state index in [0.29, 0.717) is 5.41 Å². The first-order valence-electron chi connectivity index (χ1n) is 10.0. The molecule has 2 saturated carbocycles. The Kier molecular flexibility index (Phi) is 3.71. The average molecular weight is 325 g/mol. The Bertz CT molecular complexity index is 651. The maximum Gasteiger partial charge on any atom is 0.178 e. The van der Waals surface area contributed by atoms with Crippen molar-refractivity contribution in [3.05, 3.63) is 35.5 Å². The predicted molar refractivity (Wildman–Crippen MR) is 99.5 cm³/mol. The molecule has 6 atom stereocenters. The van der Waals surface area contributed by atoms with Gasteiger partial charge in [-0.2, -0.15) is 0 Å². The van der Waals surface area contributed by atoms with Gasteiger partial charge in [-0.05, 0) is 80.3 Å². The summed E-state index contributed by atoms with van der Waals surface area (Å²) >= 11 is 0. The fraction of sp³-hybridized carbons (Fsp3) is 0.696. The van der Waals surface area contributed by atoms with Crippen molar-refractivity contribution in [2.75, 3.05) is 0 Å². The molecule has 0 bridgehead atoms. The second-order valence-electron chi connectivity index (χ2n) is 9.34. The summed E-state index contributed by atoms with van der Waals surface area (Å²) in [6, 6.07) is 0. The third-order valence-corrected chi connectivity index (χ3v) is 8.14. The zero-order valence-corrected chi connectivity index (χ0v) is 15.8. The van der Waals surface area contributed by atoms with Gasteiger partial charge in [0.15, 0.2) is 5.78 Å². The Morgan fingerprint density at radius 3 is 2.83 bits per heavy atom. The van der Waals surface area contributed by atoms with Crippen LogP contribution in [0.1, 0.15) is 66.2 Å². The van der Waals surface area contributed by atoms with Gasteiger partial charge in [0, 0.05) is 5.41 Å². The minimum Gasteiger partial charge on any atom is -0.290 e. The largest absolute Gasteiger partial charge is 0.290 e. The lowest BCUT2D eigenvalue weighted by atomic mass is 9.52. The fourth-order valence-electron chi connectivity index (χ4n) is 6.91. The lowest BCUT2D eigenvalue weighted by Gasteiger charge is -2.52. The van der Waals surface area contributed by atoms with Crippen LogP contribution < -0.4 is 0 Å². The second kappa shape index (κ2) is 5.44. The van der Waals surface area contributed by atoms with Gasteiger partial charge in [-0.3, -0.25) is 4.79 Å². The lowest BCUT2D eigenvalue weighted by Crippen LogP contribution is -2.43. The highest BCUT2D eigenvalue weighted by atomic mass is 16.1. The number of allylic oxidation sites excluding steroid dienone is 6. The lowest BCUT2D eigenvalue weighted by molar-refractivity contribution is -0.110. The van der Waals surface area contributed by atoms with Crippen LogP contribution in [-0.2, 0) is 4.79 Å². The molecular formula is C23H32O.